The Morgan fingerprint density at radius 1 is 0.867 bits per heavy atom. The Balaban J connectivity index is 1.94. The van der Waals surface area contributed by atoms with E-state index in [1.807, 2.05) is 0 Å². The van der Waals surface area contributed by atoms with E-state index in [2.05, 4.69) is 6.58 Å². The number of hydrogen-bond donors (Lipinski definition) is 2. The van der Waals surface area contributed by atoms with Crippen molar-refractivity contribution in [3.8, 4) is 23.0 Å². The predicted molar refractivity (Wildman–Crippen MR) is 113 cm³/mol. The summed E-state index contributed by atoms with van der Waals surface area (Å²) in [7, 11) is 0. The molecule has 2 N–H and O–H groups in total. The van der Waals surface area contributed by atoms with Crippen LogP contribution in [0.15, 0.2) is 61.2 Å². The number of benzene rings is 3. The zero-order valence-electron chi connectivity index (χ0n) is 15.3. The maximum atomic E-state index is 12.4. The number of carbonyl (C=O) groups excluding carboxylic acids is 2. The van der Waals surface area contributed by atoms with Gasteiger partial charge in [-0.1, -0.05) is 60.1 Å². The van der Waals surface area contributed by atoms with Gasteiger partial charge < -0.3 is 19.7 Å². The summed E-state index contributed by atoms with van der Waals surface area (Å²) in [6, 6.07) is 13.3. The normalized spacial score (nSPS) is 10.3. The lowest BCUT2D eigenvalue weighted by Crippen LogP contribution is -2.12. The van der Waals surface area contributed by atoms with Crippen molar-refractivity contribution < 1.29 is 29.3 Å². The van der Waals surface area contributed by atoms with Crippen molar-refractivity contribution in [1.29, 1.82) is 0 Å². The fourth-order valence-corrected chi connectivity index (χ4v) is 2.99. The molecule has 3 aromatic rings. The standard InChI is InChI=1S/C22H14Cl2O6/c1-2-12-19(26)18(29-21(27)13-7-3-5-9-15(13)23)11-17(25)20(12)30-22(28)14-8-4-6-10-16(14)24/h2-11,25-26H,1H2. The van der Waals surface area contributed by atoms with E-state index in [1.165, 1.54) is 24.3 Å². The minimum Gasteiger partial charge on any atom is -0.504 e. The zero-order chi connectivity index (χ0) is 21.8. The van der Waals surface area contributed by atoms with E-state index in [1.54, 1.807) is 24.3 Å². The third kappa shape index (κ3) is 4.25. The van der Waals surface area contributed by atoms with Crippen LogP contribution in [0.2, 0.25) is 10.0 Å². The molecule has 0 fully saturated rings. The molecule has 6 nitrogen and oxygen atoms in total. The van der Waals surface area contributed by atoms with Gasteiger partial charge in [-0.3, -0.25) is 0 Å². The maximum Gasteiger partial charge on any atom is 0.345 e. The highest BCUT2D eigenvalue weighted by Crippen LogP contribution is 2.44. The molecule has 0 saturated heterocycles. The summed E-state index contributed by atoms with van der Waals surface area (Å²) in [5, 5.41) is 21.1. The van der Waals surface area contributed by atoms with Crippen LogP contribution < -0.4 is 9.47 Å². The molecule has 0 aliphatic rings. The van der Waals surface area contributed by atoms with Crippen LogP contribution in [0.4, 0.5) is 0 Å². The highest BCUT2D eigenvalue weighted by molar-refractivity contribution is 6.34. The molecule has 0 spiro atoms. The van der Waals surface area contributed by atoms with Crippen LogP contribution in [-0.2, 0) is 0 Å². The minimum atomic E-state index is -0.862. The van der Waals surface area contributed by atoms with Crippen LogP contribution >= 0.6 is 23.2 Å². The highest BCUT2D eigenvalue weighted by atomic mass is 35.5. The quantitative estimate of drug-likeness (QED) is 0.307. The molecule has 3 aromatic carbocycles. The number of hydrogen-bond acceptors (Lipinski definition) is 6. The van der Waals surface area contributed by atoms with Gasteiger partial charge in [0.05, 0.1) is 26.7 Å². The first-order valence-electron chi connectivity index (χ1n) is 8.48. The van der Waals surface area contributed by atoms with Crippen LogP contribution in [0.25, 0.3) is 6.08 Å². The minimum absolute atomic E-state index is 0.0577. The lowest BCUT2D eigenvalue weighted by atomic mass is 10.1. The van der Waals surface area contributed by atoms with Crippen LogP contribution in [0, 0.1) is 0 Å². The smallest absolute Gasteiger partial charge is 0.345 e. The van der Waals surface area contributed by atoms with E-state index >= 15 is 0 Å². The van der Waals surface area contributed by atoms with E-state index in [4.69, 9.17) is 32.7 Å². The van der Waals surface area contributed by atoms with Gasteiger partial charge in [-0.2, -0.15) is 0 Å². The monoisotopic (exact) mass is 444 g/mol. The van der Waals surface area contributed by atoms with E-state index < -0.39 is 23.4 Å². The van der Waals surface area contributed by atoms with Crippen molar-refractivity contribution in [3.63, 3.8) is 0 Å². The van der Waals surface area contributed by atoms with Gasteiger partial charge >= 0.3 is 11.9 Å². The fourth-order valence-electron chi connectivity index (χ4n) is 2.57. The largest absolute Gasteiger partial charge is 0.504 e. The number of aromatic hydroxyl groups is 2. The van der Waals surface area contributed by atoms with E-state index in [9.17, 15) is 19.8 Å². The lowest BCUT2D eigenvalue weighted by Gasteiger charge is -2.15. The molecule has 0 radical (unpaired) electrons. The number of carbonyl (C=O) groups is 2. The maximum absolute atomic E-state index is 12.4. The molecule has 0 amide bonds. The molecule has 0 aliphatic heterocycles. The summed E-state index contributed by atoms with van der Waals surface area (Å²) >= 11 is 12.0. The van der Waals surface area contributed by atoms with Crippen LogP contribution in [-0.4, -0.2) is 22.2 Å². The summed E-state index contributed by atoms with van der Waals surface area (Å²) in [5.74, 6) is -3.59. The first kappa shape index (κ1) is 21.2. The molecule has 0 bridgehead atoms. The SMILES string of the molecule is C=Cc1c(O)c(OC(=O)c2ccccc2Cl)cc(O)c1OC(=O)c1ccccc1Cl. The summed E-state index contributed by atoms with van der Waals surface area (Å²) in [5.41, 5.74) is -0.0351. The third-order valence-electron chi connectivity index (χ3n) is 4.02. The summed E-state index contributed by atoms with van der Waals surface area (Å²) in [4.78, 5) is 24.8. The lowest BCUT2D eigenvalue weighted by molar-refractivity contribution is 0.0711. The van der Waals surface area contributed by atoms with Gasteiger partial charge in [0.25, 0.3) is 0 Å². The van der Waals surface area contributed by atoms with Gasteiger partial charge in [0.2, 0.25) is 0 Å². The van der Waals surface area contributed by atoms with Crippen molar-refractivity contribution in [3.05, 3.63) is 87.9 Å². The Hall–Kier alpha value is -3.48. The third-order valence-corrected chi connectivity index (χ3v) is 4.68. The first-order chi connectivity index (χ1) is 14.3. The second kappa shape index (κ2) is 8.90. The number of esters is 2. The number of phenolic OH excluding ortho intramolecular Hbond substituents is 2. The molecule has 0 aromatic heterocycles. The summed E-state index contributed by atoms with van der Waals surface area (Å²) in [6.07, 6.45) is 1.14. The number of phenols is 2. The fraction of sp³-hybridized carbons (Fsp3) is 0. The van der Waals surface area contributed by atoms with E-state index in [-0.39, 0.29) is 38.2 Å². The van der Waals surface area contributed by atoms with E-state index in [0.29, 0.717) is 0 Å². The van der Waals surface area contributed by atoms with Gasteiger partial charge in [0, 0.05) is 6.07 Å². The summed E-state index contributed by atoms with van der Waals surface area (Å²) < 4.78 is 10.4. The number of rotatable bonds is 5. The predicted octanol–water partition coefficient (Wildman–Crippen LogP) is 5.49. The number of halogens is 2. The molecule has 0 heterocycles. The molecule has 0 unspecified atom stereocenters. The molecular weight excluding hydrogens is 431 g/mol. The second-order valence-corrected chi connectivity index (χ2v) is 6.74. The molecular formula is C22H14Cl2O6. The molecule has 152 valence electrons. The average molecular weight is 445 g/mol. The Morgan fingerprint density at radius 3 is 1.87 bits per heavy atom. The van der Waals surface area contributed by atoms with Crippen molar-refractivity contribution in [2.45, 2.75) is 0 Å². The van der Waals surface area contributed by atoms with Gasteiger partial charge in [-0.25, -0.2) is 9.59 Å². The van der Waals surface area contributed by atoms with Gasteiger partial charge in [0.15, 0.2) is 23.0 Å². The van der Waals surface area contributed by atoms with Crippen molar-refractivity contribution in [2.75, 3.05) is 0 Å². The number of ether oxygens (including phenoxy) is 2. The van der Waals surface area contributed by atoms with Crippen LogP contribution in [0.3, 0.4) is 0 Å². The highest BCUT2D eigenvalue weighted by Gasteiger charge is 2.24. The molecule has 30 heavy (non-hydrogen) atoms. The topological polar surface area (TPSA) is 93.1 Å². The molecule has 0 aliphatic carbocycles. The van der Waals surface area contributed by atoms with E-state index in [0.717, 1.165) is 12.1 Å². The molecule has 0 saturated carbocycles. The molecule has 8 heteroatoms. The van der Waals surface area contributed by atoms with Crippen LogP contribution in [0.5, 0.6) is 23.0 Å². The first-order valence-corrected chi connectivity index (χ1v) is 9.23. The zero-order valence-corrected chi connectivity index (χ0v) is 16.8. The second-order valence-electron chi connectivity index (χ2n) is 5.93. The Bertz CT molecular complexity index is 1160. The Kier molecular flexibility index (Phi) is 6.30. The van der Waals surface area contributed by atoms with Crippen molar-refractivity contribution in [1.82, 2.24) is 0 Å². The van der Waals surface area contributed by atoms with Gasteiger partial charge in [-0.05, 0) is 24.3 Å². The molecule has 0 atom stereocenters. The summed E-state index contributed by atoms with van der Waals surface area (Å²) in [6.45, 7) is 3.53. The average Bonchev–Trinajstić information content (AvgIpc) is 2.72. The Labute approximate surface area is 181 Å². The van der Waals surface area contributed by atoms with Crippen molar-refractivity contribution in [2.24, 2.45) is 0 Å². The van der Waals surface area contributed by atoms with Crippen LogP contribution in [0.1, 0.15) is 26.3 Å². The Morgan fingerprint density at radius 2 is 1.37 bits per heavy atom. The van der Waals surface area contributed by atoms with Gasteiger partial charge in [0.1, 0.15) is 0 Å². The van der Waals surface area contributed by atoms with Crippen molar-refractivity contribution >= 4 is 41.2 Å². The molecule has 3 rings (SSSR count). The van der Waals surface area contributed by atoms with Gasteiger partial charge in [-0.15, -0.1) is 0 Å².